The maximum Gasteiger partial charge on any atom is 0.416 e. The van der Waals surface area contributed by atoms with Gasteiger partial charge < -0.3 is 10.2 Å². The molecule has 1 aromatic rings. The van der Waals surface area contributed by atoms with Gasteiger partial charge in [0.25, 0.3) is 0 Å². The molecule has 0 atom stereocenters. The normalized spacial score (nSPS) is 12.1. The Morgan fingerprint density at radius 1 is 1.11 bits per heavy atom. The summed E-state index contributed by atoms with van der Waals surface area (Å²) in [5, 5.41) is 3.13. The van der Waals surface area contributed by atoms with E-state index in [1.54, 1.807) is 6.07 Å². The Labute approximate surface area is 106 Å². The molecule has 18 heavy (non-hydrogen) atoms. The highest BCUT2D eigenvalue weighted by Gasteiger charge is 2.32. The topological polar surface area (TPSA) is 15.3 Å². The molecule has 0 aromatic heterocycles. The molecule has 0 fully saturated rings. The van der Waals surface area contributed by atoms with Crippen LogP contribution in [0.4, 0.5) is 13.2 Å². The molecular formula is C13H19F3N2. The second-order valence-electron chi connectivity index (χ2n) is 4.46. The first-order valence-corrected chi connectivity index (χ1v) is 5.92. The van der Waals surface area contributed by atoms with Gasteiger partial charge in [-0.25, -0.2) is 0 Å². The van der Waals surface area contributed by atoms with Crippen molar-refractivity contribution in [2.24, 2.45) is 0 Å². The van der Waals surface area contributed by atoms with Gasteiger partial charge in [-0.15, -0.1) is 0 Å². The van der Waals surface area contributed by atoms with Crippen LogP contribution < -0.4 is 5.32 Å². The lowest BCUT2D eigenvalue weighted by atomic mass is 10.0. The first-order chi connectivity index (χ1) is 8.41. The van der Waals surface area contributed by atoms with Crippen LogP contribution in [0.5, 0.6) is 0 Å². The summed E-state index contributed by atoms with van der Waals surface area (Å²) in [5.74, 6) is 0. The fraction of sp³-hybridized carbons (Fsp3) is 0.538. The molecule has 0 saturated heterocycles. The quantitative estimate of drug-likeness (QED) is 0.790. The molecule has 0 radical (unpaired) electrons. The molecule has 0 aliphatic heterocycles. The molecular weight excluding hydrogens is 241 g/mol. The highest BCUT2D eigenvalue weighted by molar-refractivity contribution is 5.29. The van der Waals surface area contributed by atoms with Gasteiger partial charge in [0.05, 0.1) is 5.56 Å². The summed E-state index contributed by atoms with van der Waals surface area (Å²) in [6.07, 6.45) is -3.87. The highest BCUT2D eigenvalue weighted by Crippen LogP contribution is 2.31. The van der Waals surface area contributed by atoms with Gasteiger partial charge in [-0.05, 0) is 38.7 Å². The van der Waals surface area contributed by atoms with E-state index in [0.717, 1.165) is 19.2 Å². The van der Waals surface area contributed by atoms with Gasteiger partial charge in [-0.1, -0.05) is 18.2 Å². The summed E-state index contributed by atoms with van der Waals surface area (Å²) in [5.41, 5.74) is -0.179. The molecule has 1 rings (SSSR count). The molecule has 5 heteroatoms. The predicted molar refractivity (Wildman–Crippen MR) is 66.6 cm³/mol. The first-order valence-electron chi connectivity index (χ1n) is 5.92. The van der Waals surface area contributed by atoms with E-state index in [1.807, 2.05) is 19.0 Å². The molecule has 102 valence electrons. The molecule has 0 amide bonds. The van der Waals surface area contributed by atoms with Gasteiger partial charge in [0.1, 0.15) is 0 Å². The molecule has 0 bridgehead atoms. The van der Waals surface area contributed by atoms with Crippen molar-refractivity contribution in [3.63, 3.8) is 0 Å². The van der Waals surface area contributed by atoms with Crippen LogP contribution in [0.3, 0.4) is 0 Å². The van der Waals surface area contributed by atoms with Crippen molar-refractivity contribution in [3.05, 3.63) is 35.4 Å². The molecule has 0 heterocycles. The van der Waals surface area contributed by atoms with Crippen molar-refractivity contribution in [3.8, 4) is 0 Å². The Bertz CT molecular complexity index is 361. The monoisotopic (exact) mass is 260 g/mol. The van der Waals surface area contributed by atoms with E-state index < -0.39 is 11.7 Å². The van der Waals surface area contributed by atoms with E-state index in [-0.39, 0.29) is 0 Å². The lowest BCUT2D eigenvalue weighted by Crippen LogP contribution is -2.28. The second kappa shape index (κ2) is 6.75. The average Bonchev–Trinajstić information content (AvgIpc) is 2.27. The Morgan fingerprint density at radius 3 is 2.39 bits per heavy atom. The van der Waals surface area contributed by atoms with E-state index in [9.17, 15) is 13.2 Å². The third-order valence-corrected chi connectivity index (χ3v) is 2.63. The van der Waals surface area contributed by atoms with Gasteiger partial charge in [-0.2, -0.15) is 13.2 Å². The van der Waals surface area contributed by atoms with Gasteiger partial charge in [0, 0.05) is 13.1 Å². The summed E-state index contributed by atoms with van der Waals surface area (Å²) < 4.78 is 38.1. The summed E-state index contributed by atoms with van der Waals surface area (Å²) in [7, 11) is 3.92. The van der Waals surface area contributed by atoms with Crippen molar-refractivity contribution < 1.29 is 13.2 Å². The largest absolute Gasteiger partial charge is 0.416 e. The predicted octanol–water partition coefficient (Wildman–Crippen LogP) is 2.40. The van der Waals surface area contributed by atoms with Crippen molar-refractivity contribution in [2.45, 2.75) is 12.6 Å². The van der Waals surface area contributed by atoms with Crippen LogP contribution in [-0.4, -0.2) is 38.6 Å². The van der Waals surface area contributed by atoms with Gasteiger partial charge in [-0.3, -0.25) is 0 Å². The SMILES string of the molecule is CN(C)CCNCCc1ccccc1C(F)(F)F. The van der Waals surface area contributed by atoms with Gasteiger partial charge in [0.2, 0.25) is 0 Å². The maximum atomic E-state index is 12.7. The Kier molecular flexibility index (Phi) is 5.62. The number of nitrogens with one attached hydrogen (secondary N) is 1. The molecule has 0 aliphatic rings. The summed E-state index contributed by atoms with van der Waals surface area (Å²) in [6.45, 7) is 2.21. The Morgan fingerprint density at radius 2 is 1.78 bits per heavy atom. The number of hydrogen-bond donors (Lipinski definition) is 1. The number of hydrogen-bond acceptors (Lipinski definition) is 2. The second-order valence-corrected chi connectivity index (χ2v) is 4.46. The van der Waals surface area contributed by atoms with Crippen LogP contribution >= 0.6 is 0 Å². The van der Waals surface area contributed by atoms with E-state index >= 15 is 0 Å². The Hall–Kier alpha value is -1.07. The lowest BCUT2D eigenvalue weighted by molar-refractivity contribution is -0.138. The summed E-state index contributed by atoms with van der Waals surface area (Å²) in [4.78, 5) is 2.02. The molecule has 0 saturated carbocycles. The Balaban J connectivity index is 2.47. The smallest absolute Gasteiger partial charge is 0.315 e. The minimum absolute atomic E-state index is 0.349. The van der Waals surface area contributed by atoms with E-state index in [1.165, 1.54) is 12.1 Å². The number of halogens is 3. The minimum Gasteiger partial charge on any atom is -0.315 e. The van der Waals surface area contributed by atoms with Gasteiger partial charge >= 0.3 is 6.18 Å². The number of nitrogens with zero attached hydrogens (tertiary/aromatic N) is 1. The van der Waals surface area contributed by atoms with Crippen molar-refractivity contribution in [1.82, 2.24) is 10.2 Å². The maximum absolute atomic E-state index is 12.7. The van der Waals surface area contributed by atoms with E-state index in [0.29, 0.717) is 18.5 Å². The molecule has 0 unspecified atom stereocenters. The number of likely N-dealkylation sites (N-methyl/N-ethyl adjacent to an activating group) is 1. The fourth-order valence-corrected chi connectivity index (χ4v) is 1.67. The average molecular weight is 260 g/mol. The van der Waals surface area contributed by atoms with Crippen LogP contribution in [0.1, 0.15) is 11.1 Å². The highest BCUT2D eigenvalue weighted by atomic mass is 19.4. The van der Waals surface area contributed by atoms with Crippen LogP contribution in [0.25, 0.3) is 0 Å². The third-order valence-electron chi connectivity index (χ3n) is 2.63. The molecule has 1 aromatic carbocycles. The van der Waals surface area contributed by atoms with Crippen molar-refractivity contribution in [1.29, 1.82) is 0 Å². The lowest BCUT2D eigenvalue weighted by Gasteiger charge is -2.13. The zero-order chi connectivity index (χ0) is 13.6. The third kappa shape index (κ3) is 5.06. The van der Waals surface area contributed by atoms with Crippen LogP contribution in [-0.2, 0) is 12.6 Å². The van der Waals surface area contributed by atoms with E-state index in [4.69, 9.17) is 0 Å². The van der Waals surface area contributed by atoms with Gasteiger partial charge in [0.15, 0.2) is 0 Å². The standard InChI is InChI=1S/C13H19F3N2/c1-18(2)10-9-17-8-7-11-5-3-4-6-12(11)13(14,15)16/h3-6,17H,7-10H2,1-2H3. The summed E-state index contributed by atoms with van der Waals surface area (Å²) in [6, 6.07) is 5.74. The zero-order valence-electron chi connectivity index (χ0n) is 10.7. The fourth-order valence-electron chi connectivity index (χ4n) is 1.67. The number of alkyl halides is 3. The van der Waals surface area contributed by atoms with Crippen molar-refractivity contribution in [2.75, 3.05) is 33.7 Å². The number of benzene rings is 1. The van der Waals surface area contributed by atoms with Crippen LogP contribution in [0.15, 0.2) is 24.3 Å². The first kappa shape index (κ1) is 15.0. The zero-order valence-corrected chi connectivity index (χ0v) is 10.7. The van der Waals surface area contributed by atoms with E-state index in [2.05, 4.69) is 5.32 Å². The molecule has 2 nitrogen and oxygen atoms in total. The molecule has 0 spiro atoms. The summed E-state index contributed by atoms with van der Waals surface area (Å²) >= 11 is 0. The minimum atomic E-state index is -4.26. The van der Waals surface area contributed by atoms with Crippen molar-refractivity contribution >= 4 is 0 Å². The molecule has 1 N–H and O–H groups in total. The van der Waals surface area contributed by atoms with Crippen LogP contribution in [0, 0.1) is 0 Å². The number of rotatable bonds is 6. The van der Waals surface area contributed by atoms with Crippen LogP contribution in [0.2, 0.25) is 0 Å². The molecule has 0 aliphatic carbocycles.